The quantitative estimate of drug-likeness (QED) is 0.500. The zero-order valence-electron chi connectivity index (χ0n) is 14.3. The second kappa shape index (κ2) is 6.52. The van der Waals surface area contributed by atoms with Gasteiger partial charge in [-0.05, 0) is 42.0 Å². The van der Waals surface area contributed by atoms with E-state index in [-0.39, 0.29) is 5.82 Å². The standard InChI is InChI=1S/C21H16FNO3/c1-24-18-10-8-14(12-20(18)25-2)21-23-17-9-7-13(11-19(17)26-21)15-5-3-4-6-16(15)22/h3-12H,1-2H3. The monoisotopic (exact) mass is 349 g/mol. The van der Waals surface area contributed by atoms with Gasteiger partial charge in [-0.1, -0.05) is 24.3 Å². The average molecular weight is 349 g/mol. The van der Waals surface area contributed by atoms with Crippen LogP contribution in [0.5, 0.6) is 11.5 Å². The van der Waals surface area contributed by atoms with Crippen LogP contribution in [0.15, 0.2) is 65.1 Å². The minimum atomic E-state index is -0.272. The van der Waals surface area contributed by atoms with E-state index in [2.05, 4.69) is 4.98 Å². The Kier molecular flexibility index (Phi) is 4.05. The molecule has 5 heteroatoms. The van der Waals surface area contributed by atoms with Crippen LogP contribution in [0, 0.1) is 5.82 Å². The van der Waals surface area contributed by atoms with Crippen LogP contribution in [-0.4, -0.2) is 19.2 Å². The van der Waals surface area contributed by atoms with Gasteiger partial charge >= 0.3 is 0 Å². The van der Waals surface area contributed by atoms with Crippen LogP contribution < -0.4 is 9.47 Å². The molecular formula is C21H16FNO3. The molecule has 0 aliphatic heterocycles. The average Bonchev–Trinajstić information content (AvgIpc) is 3.11. The van der Waals surface area contributed by atoms with Gasteiger partial charge in [0.15, 0.2) is 17.1 Å². The highest BCUT2D eigenvalue weighted by Gasteiger charge is 2.13. The number of fused-ring (bicyclic) bond motifs is 1. The Labute approximate surface area is 149 Å². The molecule has 1 heterocycles. The van der Waals surface area contributed by atoms with Crippen molar-refractivity contribution in [2.75, 3.05) is 14.2 Å². The zero-order chi connectivity index (χ0) is 18.1. The summed E-state index contributed by atoms with van der Waals surface area (Å²) < 4.78 is 30.5. The maximum absolute atomic E-state index is 14.0. The van der Waals surface area contributed by atoms with Gasteiger partial charge in [0.1, 0.15) is 11.3 Å². The van der Waals surface area contributed by atoms with Crippen molar-refractivity contribution in [3.05, 3.63) is 66.5 Å². The molecule has 0 aliphatic carbocycles. The van der Waals surface area contributed by atoms with E-state index in [1.165, 1.54) is 6.07 Å². The van der Waals surface area contributed by atoms with E-state index in [1.807, 2.05) is 18.2 Å². The number of hydrogen-bond acceptors (Lipinski definition) is 4. The highest BCUT2D eigenvalue weighted by molar-refractivity contribution is 5.82. The summed E-state index contributed by atoms with van der Waals surface area (Å²) >= 11 is 0. The fraction of sp³-hybridized carbons (Fsp3) is 0.0952. The molecule has 0 atom stereocenters. The second-order valence-corrected chi connectivity index (χ2v) is 5.75. The number of aromatic nitrogens is 1. The van der Waals surface area contributed by atoms with E-state index in [9.17, 15) is 4.39 Å². The Bertz CT molecular complexity index is 1090. The van der Waals surface area contributed by atoms with Crippen LogP contribution in [-0.2, 0) is 0 Å². The van der Waals surface area contributed by atoms with E-state index in [0.717, 1.165) is 11.1 Å². The van der Waals surface area contributed by atoms with E-state index in [0.29, 0.717) is 34.1 Å². The van der Waals surface area contributed by atoms with Crippen LogP contribution in [0.4, 0.5) is 4.39 Å². The summed E-state index contributed by atoms with van der Waals surface area (Å²) in [5.41, 5.74) is 3.33. The van der Waals surface area contributed by atoms with E-state index < -0.39 is 0 Å². The van der Waals surface area contributed by atoms with Crippen LogP contribution >= 0.6 is 0 Å². The van der Waals surface area contributed by atoms with Gasteiger partial charge in [0, 0.05) is 11.1 Å². The van der Waals surface area contributed by atoms with Gasteiger partial charge in [-0.25, -0.2) is 9.37 Å². The second-order valence-electron chi connectivity index (χ2n) is 5.75. The van der Waals surface area contributed by atoms with Crippen LogP contribution in [0.25, 0.3) is 33.7 Å². The lowest BCUT2D eigenvalue weighted by atomic mass is 10.1. The van der Waals surface area contributed by atoms with Gasteiger partial charge in [0.2, 0.25) is 5.89 Å². The lowest BCUT2D eigenvalue weighted by molar-refractivity contribution is 0.355. The molecule has 0 N–H and O–H groups in total. The van der Waals surface area contributed by atoms with Crippen molar-refractivity contribution >= 4 is 11.1 Å². The van der Waals surface area contributed by atoms with Gasteiger partial charge in [-0.3, -0.25) is 0 Å². The summed E-state index contributed by atoms with van der Waals surface area (Å²) in [7, 11) is 3.16. The molecule has 4 nitrogen and oxygen atoms in total. The molecule has 0 bridgehead atoms. The maximum Gasteiger partial charge on any atom is 0.227 e. The molecule has 0 unspecified atom stereocenters. The van der Waals surface area contributed by atoms with Crippen molar-refractivity contribution in [1.82, 2.24) is 4.98 Å². The van der Waals surface area contributed by atoms with Crippen molar-refractivity contribution < 1.29 is 18.3 Å². The fourth-order valence-electron chi connectivity index (χ4n) is 2.88. The third kappa shape index (κ3) is 2.77. The summed E-state index contributed by atoms with van der Waals surface area (Å²) in [6.07, 6.45) is 0. The van der Waals surface area contributed by atoms with Gasteiger partial charge in [-0.15, -0.1) is 0 Å². The summed E-state index contributed by atoms with van der Waals surface area (Å²) in [6.45, 7) is 0. The molecule has 0 spiro atoms. The highest BCUT2D eigenvalue weighted by atomic mass is 19.1. The van der Waals surface area contributed by atoms with E-state index in [4.69, 9.17) is 13.9 Å². The van der Waals surface area contributed by atoms with Gasteiger partial charge < -0.3 is 13.9 Å². The lowest BCUT2D eigenvalue weighted by Crippen LogP contribution is -1.90. The molecule has 26 heavy (non-hydrogen) atoms. The maximum atomic E-state index is 14.0. The normalized spacial score (nSPS) is 10.9. The molecule has 0 aliphatic rings. The summed E-state index contributed by atoms with van der Waals surface area (Å²) in [5.74, 6) is 1.42. The summed E-state index contributed by atoms with van der Waals surface area (Å²) in [5, 5.41) is 0. The minimum Gasteiger partial charge on any atom is -0.493 e. The largest absolute Gasteiger partial charge is 0.493 e. The summed E-state index contributed by atoms with van der Waals surface area (Å²) in [4.78, 5) is 4.51. The number of oxazole rings is 1. The molecule has 0 radical (unpaired) electrons. The number of methoxy groups -OCH3 is 2. The number of benzene rings is 3. The number of ether oxygens (including phenoxy) is 2. The first-order chi connectivity index (χ1) is 12.7. The lowest BCUT2D eigenvalue weighted by Gasteiger charge is -2.07. The van der Waals surface area contributed by atoms with Crippen LogP contribution in [0.1, 0.15) is 0 Å². The number of nitrogens with zero attached hydrogens (tertiary/aromatic N) is 1. The van der Waals surface area contributed by atoms with Crippen molar-refractivity contribution in [3.8, 4) is 34.1 Å². The predicted molar refractivity (Wildman–Crippen MR) is 97.9 cm³/mol. The third-order valence-corrected chi connectivity index (χ3v) is 4.20. The number of rotatable bonds is 4. The molecule has 0 saturated carbocycles. The van der Waals surface area contributed by atoms with Crippen LogP contribution in [0.3, 0.4) is 0 Å². The van der Waals surface area contributed by atoms with Gasteiger partial charge in [-0.2, -0.15) is 0 Å². The zero-order valence-corrected chi connectivity index (χ0v) is 14.3. The Hall–Kier alpha value is -3.34. The predicted octanol–water partition coefficient (Wildman–Crippen LogP) is 5.32. The van der Waals surface area contributed by atoms with Gasteiger partial charge in [0.25, 0.3) is 0 Å². The van der Waals surface area contributed by atoms with Crippen LogP contribution in [0.2, 0.25) is 0 Å². The van der Waals surface area contributed by atoms with Crippen molar-refractivity contribution in [1.29, 1.82) is 0 Å². The highest BCUT2D eigenvalue weighted by Crippen LogP contribution is 2.34. The van der Waals surface area contributed by atoms with E-state index in [1.54, 1.807) is 50.6 Å². The first-order valence-electron chi connectivity index (χ1n) is 8.07. The molecule has 0 fully saturated rings. The Morgan fingerprint density at radius 1 is 0.846 bits per heavy atom. The first kappa shape index (κ1) is 16.1. The SMILES string of the molecule is COc1ccc(-c2nc3ccc(-c4ccccc4F)cc3o2)cc1OC. The number of hydrogen-bond donors (Lipinski definition) is 0. The van der Waals surface area contributed by atoms with E-state index >= 15 is 0 Å². The topological polar surface area (TPSA) is 44.5 Å². The molecule has 0 saturated heterocycles. The molecule has 4 rings (SSSR count). The Morgan fingerprint density at radius 3 is 2.38 bits per heavy atom. The fourth-order valence-corrected chi connectivity index (χ4v) is 2.88. The van der Waals surface area contributed by atoms with Crippen molar-refractivity contribution in [3.63, 3.8) is 0 Å². The third-order valence-electron chi connectivity index (χ3n) is 4.20. The Morgan fingerprint density at radius 2 is 1.62 bits per heavy atom. The van der Waals surface area contributed by atoms with Crippen molar-refractivity contribution in [2.24, 2.45) is 0 Å². The molecule has 1 aromatic heterocycles. The number of halogens is 1. The van der Waals surface area contributed by atoms with Crippen molar-refractivity contribution in [2.45, 2.75) is 0 Å². The molecular weight excluding hydrogens is 333 g/mol. The molecule has 4 aromatic rings. The minimum absolute atomic E-state index is 0.272. The molecule has 0 amide bonds. The molecule has 130 valence electrons. The first-order valence-corrected chi connectivity index (χ1v) is 8.07. The smallest absolute Gasteiger partial charge is 0.227 e. The molecule has 3 aromatic carbocycles. The summed E-state index contributed by atoms with van der Waals surface area (Å²) in [6, 6.07) is 17.6. The van der Waals surface area contributed by atoms with Gasteiger partial charge in [0.05, 0.1) is 14.2 Å². The Balaban J connectivity index is 1.78.